The van der Waals surface area contributed by atoms with Gasteiger partial charge in [-0.05, 0) is 48.7 Å². The van der Waals surface area contributed by atoms with Crippen molar-refractivity contribution in [1.82, 2.24) is 4.90 Å². The lowest BCUT2D eigenvalue weighted by Gasteiger charge is -2.37. The highest BCUT2D eigenvalue weighted by molar-refractivity contribution is 5.94. The largest absolute Gasteiger partial charge is 0.493 e. The van der Waals surface area contributed by atoms with Gasteiger partial charge < -0.3 is 23.8 Å². The Morgan fingerprint density at radius 1 is 1.03 bits per heavy atom. The predicted molar refractivity (Wildman–Crippen MR) is 116 cm³/mol. The van der Waals surface area contributed by atoms with Crippen molar-refractivity contribution in [3.63, 3.8) is 0 Å². The lowest BCUT2D eigenvalue weighted by Crippen LogP contribution is -2.43. The second-order valence-electron chi connectivity index (χ2n) is 7.41. The maximum atomic E-state index is 13.1. The number of methoxy groups -OCH3 is 3. The monoisotopic (exact) mass is 441 g/mol. The molecule has 0 N–H and O–H groups in total. The van der Waals surface area contributed by atoms with Crippen LogP contribution < -0.4 is 14.2 Å². The molecule has 170 valence electrons. The molecular formula is C24H27NO7. The molecule has 0 saturated heterocycles. The second kappa shape index (κ2) is 10.2. The maximum Gasteiger partial charge on any atom is 0.307 e. The number of ketones is 1. The second-order valence-corrected chi connectivity index (χ2v) is 7.41. The third kappa shape index (κ3) is 5.01. The van der Waals surface area contributed by atoms with Crippen molar-refractivity contribution < 1.29 is 33.3 Å². The van der Waals surface area contributed by atoms with Gasteiger partial charge in [0.2, 0.25) is 0 Å². The van der Waals surface area contributed by atoms with Crippen LogP contribution in [-0.2, 0) is 20.7 Å². The van der Waals surface area contributed by atoms with E-state index < -0.39 is 12.0 Å². The van der Waals surface area contributed by atoms with E-state index in [9.17, 15) is 14.4 Å². The van der Waals surface area contributed by atoms with Gasteiger partial charge in [-0.15, -0.1) is 0 Å². The smallest absolute Gasteiger partial charge is 0.307 e. The molecule has 0 radical (unpaired) electrons. The van der Waals surface area contributed by atoms with Gasteiger partial charge in [0.15, 0.2) is 23.9 Å². The molecule has 0 fully saturated rings. The van der Waals surface area contributed by atoms with E-state index in [0.717, 1.165) is 11.1 Å². The fourth-order valence-electron chi connectivity index (χ4n) is 3.82. The number of rotatable bonds is 8. The van der Waals surface area contributed by atoms with Crippen molar-refractivity contribution in [2.75, 3.05) is 34.5 Å². The minimum Gasteiger partial charge on any atom is -0.493 e. The molecular weight excluding hydrogens is 414 g/mol. The van der Waals surface area contributed by atoms with Gasteiger partial charge in [0, 0.05) is 12.1 Å². The Morgan fingerprint density at radius 2 is 1.75 bits per heavy atom. The molecule has 1 unspecified atom stereocenters. The summed E-state index contributed by atoms with van der Waals surface area (Å²) in [6, 6.07) is 9.84. The van der Waals surface area contributed by atoms with Gasteiger partial charge in [-0.3, -0.25) is 14.4 Å². The van der Waals surface area contributed by atoms with Gasteiger partial charge >= 0.3 is 5.97 Å². The topological polar surface area (TPSA) is 91.4 Å². The first-order chi connectivity index (χ1) is 15.4. The molecule has 2 aromatic rings. The third-order valence-corrected chi connectivity index (χ3v) is 5.51. The van der Waals surface area contributed by atoms with Gasteiger partial charge in [-0.2, -0.15) is 0 Å². The molecule has 0 saturated carbocycles. The summed E-state index contributed by atoms with van der Waals surface area (Å²) in [5, 5.41) is 0. The summed E-state index contributed by atoms with van der Waals surface area (Å²) in [5.41, 5.74) is 2.30. The van der Waals surface area contributed by atoms with Crippen molar-refractivity contribution >= 4 is 17.7 Å². The van der Waals surface area contributed by atoms with E-state index in [1.54, 1.807) is 42.3 Å². The molecule has 1 aliphatic heterocycles. The van der Waals surface area contributed by atoms with Crippen LogP contribution in [0.4, 0.5) is 0 Å². The summed E-state index contributed by atoms with van der Waals surface area (Å²) in [6.07, 6.45) is 0.601. The number of benzene rings is 2. The number of ether oxygens (including phenoxy) is 4. The van der Waals surface area contributed by atoms with E-state index in [4.69, 9.17) is 18.9 Å². The Balaban J connectivity index is 1.84. The van der Waals surface area contributed by atoms with Crippen LogP contribution in [-0.4, -0.2) is 57.0 Å². The highest BCUT2D eigenvalue weighted by atomic mass is 16.5. The zero-order chi connectivity index (χ0) is 23.3. The summed E-state index contributed by atoms with van der Waals surface area (Å²) < 4.78 is 21.3. The first-order valence-corrected chi connectivity index (χ1v) is 10.2. The number of amides is 1. The molecule has 32 heavy (non-hydrogen) atoms. The van der Waals surface area contributed by atoms with Crippen LogP contribution in [0.2, 0.25) is 0 Å². The quantitative estimate of drug-likeness (QED) is 0.459. The number of hydrogen-bond donors (Lipinski definition) is 0. The highest BCUT2D eigenvalue weighted by Gasteiger charge is 2.34. The molecule has 0 aromatic heterocycles. The molecule has 0 bridgehead atoms. The van der Waals surface area contributed by atoms with Crippen LogP contribution in [0, 0.1) is 0 Å². The number of Topliss-reactive ketones (excluding diaryl/α,β-unsaturated/α-hetero) is 1. The highest BCUT2D eigenvalue weighted by Crippen LogP contribution is 2.39. The minimum absolute atomic E-state index is 0.00451. The number of nitrogens with zero attached hydrogens (tertiary/aromatic N) is 1. The Labute approximate surface area is 187 Å². The van der Waals surface area contributed by atoms with Crippen LogP contribution in [0.5, 0.6) is 17.2 Å². The molecule has 1 heterocycles. The van der Waals surface area contributed by atoms with Crippen LogP contribution in [0.25, 0.3) is 0 Å². The standard InChI is InChI=1S/C24H27NO7/c1-15(26)16-6-5-7-18(10-16)32-14-23(27)25-9-8-17-11-21(29-2)22(30-3)12-19(17)20(25)13-24(28)31-4/h5-7,10-12,20H,8-9,13-14H2,1-4H3. The minimum atomic E-state index is -0.523. The van der Waals surface area contributed by atoms with Crippen LogP contribution in [0.15, 0.2) is 36.4 Å². The SMILES string of the molecule is COC(=O)CC1c2cc(OC)c(OC)cc2CCN1C(=O)COc1cccc(C(C)=O)c1. The number of carbonyl (C=O) groups is 3. The fourth-order valence-corrected chi connectivity index (χ4v) is 3.82. The van der Waals surface area contributed by atoms with E-state index in [0.29, 0.717) is 35.8 Å². The summed E-state index contributed by atoms with van der Waals surface area (Å²) in [4.78, 5) is 38.4. The van der Waals surface area contributed by atoms with Crippen LogP contribution in [0.3, 0.4) is 0 Å². The van der Waals surface area contributed by atoms with Crippen molar-refractivity contribution in [3.05, 3.63) is 53.1 Å². The number of esters is 1. The fraction of sp³-hybridized carbons (Fsp3) is 0.375. The summed E-state index contributed by atoms with van der Waals surface area (Å²) in [5.74, 6) is 0.763. The Kier molecular flexibility index (Phi) is 7.35. The van der Waals surface area contributed by atoms with Crippen LogP contribution >= 0.6 is 0 Å². The normalized spacial score (nSPS) is 14.9. The Bertz CT molecular complexity index is 1020. The average Bonchev–Trinajstić information content (AvgIpc) is 2.81. The average molecular weight is 441 g/mol. The summed E-state index contributed by atoms with van der Waals surface area (Å²) in [7, 11) is 4.42. The number of carbonyl (C=O) groups excluding carboxylic acids is 3. The van der Waals surface area contributed by atoms with E-state index in [1.807, 2.05) is 6.07 Å². The number of hydrogen-bond acceptors (Lipinski definition) is 7. The van der Waals surface area contributed by atoms with Crippen molar-refractivity contribution in [2.24, 2.45) is 0 Å². The van der Waals surface area contributed by atoms with Gasteiger partial charge in [0.05, 0.1) is 33.8 Å². The van der Waals surface area contributed by atoms with Crippen molar-refractivity contribution in [1.29, 1.82) is 0 Å². The Morgan fingerprint density at radius 3 is 2.41 bits per heavy atom. The van der Waals surface area contributed by atoms with Crippen molar-refractivity contribution in [3.8, 4) is 17.2 Å². The molecule has 1 atom stereocenters. The summed E-state index contributed by atoms with van der Waals surface area (Å²) >= 11 is 0. The zero-order valence-electron chi connectivity index (χ0n) is 18.7. The molecule has 0 aliphatic carbocycles. The maximum absolute atomic E-state index is 13.1. The first-order valence-electron chi connectivity index (χ1n) is 10.2. The van der Waals surface area contributed by atoms with Gasteiger partial charge in [0.1, 0.15) is 5.75 Å². The molecule has 2 aromatic carbocycles. The van der Waals surface area contributed by atoms with Gasteiger partial charge in [-0.25, -0.2) is 0 Å². The predicted octanol–water partition coefficient (Wildman–Crippen LogP) is 2.97. The van der Waals surface area contributed by atoms with E-state index in [-0.39, 0.29) is 24.7 Å². The third-order valence-electron chi connectivity index (χ3n) is 5.51. The van der Waals surface area contributed by atoms with Gasteiger partial charge in [-0.1, -0.05) is 12.1 Å². The molecule has 1 aliphatic rings. The van der Waals surface area contributed by atoms with Crippen molar-refractivity contribution in [2.45, 2.75) is 25.8 Å². The molecule has 8 heteroatoms. The van der Waals surface area contributed by atoms with Gasteiger partial charge in [0.25, 0.3) is 5.91 Å². The lowest BCUT2D eigenvalue weighted by atomic mass is 9.90. The summed E-state index contributed by atoms with van der Waals surface area (Å²) in [6.45, 7) is 1.66. The van der Waals surface area contributed by atoms with E-state index >= 15 is 0 Å². The molecule has 1 amide bonds. The Hall–Kier alpha value is -3.55. The number of fused-ring (bicyclic) bond motifs is 1. The molecule has 8 nitrogen and oxygen atoms in total. The van der Waals surface area contributed by atoms with E-state index in [2.05, 4.69) is 0 Å². The van der Waals surface area contributed by atoms with E-state index in [1.165, 1.54) is 21.1 Å². The molecule has 0 spiro atoms. The first kappa shape index (κ1) is 23.1. The molecule has 3 rings (SSSR count). The zero-order valence-corrected chi connectivity index (χ0v) is 18.7. The van der Waals surface area contributed by atoms with Crippen LogP contribution in [0.1, 0.15) is 40.9 Å². The lowest BCUT2D eigenvalue weighted by molar-refractivity contribution is -0.144.